The van der Waals surface area contributed by atoms with Gasteiger partial charge in [0.2, 0.25) is 10.0 Å². The molecule has 2 rings (SSSR count). The van der Waals surface area contributed by atoms with Gasteiger partial charge in [-0.1, -0.05) is 0 Å². The number of hydrogen-bond donors (Lipinski definition) is 1. The molecule has 0 amide bonds. The Morgan fingerprint density at radius 2 is 1.81 bits per heavy atom. The van der Waals surface area contributed by atoms with Crippen molar-refractivity contribution in [3.8, 4) is 0 Å². The van der Waals surface area contributed by atoms with Gasteiger partial charge in [-0.05, 0) is 13.0 Å². The van der Waals surface area contributed by atoms with Gasteiger partial charge in [0.15, 0.2) is 0 Å². The SMILES string of the molecule is Cc1c(S(=O)(=O)NCCn2nc(C(F)F)cc2C(F)F)cnn1C(F)F. The molecule has 2 heterocycles. The van der Waals surface area contributed by atoms with Gasteiger partial charge in [-0.3, -0.25) is 4.68 Å². The van der Waals surface area contributed by atoms with Gasteiger partial charge in [0, 0.05) is 6.54 Å². The van der Waals surface area contributed by atoms with Gasteiger partial charge in [-0.15, -0.1) is 0 Å². The standard InChI is InChI=1S/C12H13F6N5O2S/c1-6-9(5-19-23(6)12(17)18)26(24,25)20-2-3-22-8(11(15)16)4-7(21-22)10(13)14/h4-5,10-12,20H,2-3H2,1H3. The van der Waals surface area contributed by atoms with Crippen LogP contribution in [0.5, 0.6) is 0 Å². The maximum absolute atomic E-state index is 12.8. The molecule has 0 radical (unpaired) electrons. The van der Waals surface area contributed by atoms with Crippen LogP contribution in [0.1, 0.15) is 36.5 Å². The molecule has 0 aliphatic rings. The summed E-state index contributed by atoms with van der Waals surface area (Å²) in [5.41, 5.74) is -1.97. The lowest BCUT2D eigenvalue weighted by atomic mass is 10.3. The molecule has 7 nitrogen and oxygen atoms in total. The van der Waals surface area contributed by atoms with Gasteiger partial charge in [-0.2, -0.15) is 19.0 Å². The first-order valence-corrected chi connectivity index (χ1v) is 8.48. The van der Waals surface area contributed by atoms with Gasteiger partial charge < -0.3 is 0 Å². The van der Waals surface area contributed by atoms with E-state index in [2.05, 4.69) is 10.2 Å². The topological polar surface area (TPSA) is 81.8 Å². The number of rotatable bonds is 8. The summed E-state index contributed by atoms with van der Waals surface area (Å²) in [6.45, 7) is -2.87. The summed E-state index contributed by atoms with van der Waals surface area (Å²) >= 11 is 0. The molecule has 2 aromatic heterocycles. The Labute approximate surface area is 143 Å². The number of nitrogens with zero attached hydrogens (tertiary/aromatic N) is 4. The molecule has 0 atom stereocenters. The van der Waals surface area contributed by atoms with E-state index in [-0.39, 0.29) is 10.4 Å². The van der Waals surface area contributed by atoms with Crippen molar-refractivity contribution in [3.05, 3.63) is 29.3 Å². The van der Waals surface area contributed by atoms with Crippen LogP contribution < -0.4 is 4.72 Å². The molecule has 1 N–H and O–H groups in total. The third-order valence-electron chi connectivity index (χ3n) is 3.37. The monoisotopic (exact) mass is 405 g/mol. The number of nitrogens with one attached hydrogen (secondary N) is 1. The maximum atomic E-state index is 12.8. The number of alkyl halides is 6. The maximum Gasteiger partial charge on any atom is 0.333 e. The lowest BCUT2D eigenvalue weighted by Crippen LogP contribution is -2.28. The highest BCUT2D eigenvalue weighted by atomic mass is 32.2. The van der Waals surface area contributed by atoms with E-state index >= 15 is 0 Å². The third-order valence-corrected chi connectivity index (χ3v) is 4.93. The quantitative estimate of drug-likeness (QED) is 0.685. The van der Waals surface area contributed by atoms with Crippen LogP contribution in [0.4, 0.5) is 26.3 Å². The van der Waals surface area contributed by atoms with Crippen LogP contribution in [-0.2, 0) is 16.6 Å². The minimum absolute atomic E-state index is 0.200. The highest BCUT2D eigenvalue weighted by molar-refractivity contribution is 7.89. The molecule has 0 bridgehead atoms. The zero-order valence-corrected chi connectivity index (χ0v) is 13.9. The fourth-order valence-corrected chi connectivity index (χ4v) is 3.33. The van der Waals surface area contributed by atoms with E-state index in [0.29, 0.717) is 10.7 Å². The van der Waals surface area contributed by atoms with E-state index in [1.165, 1.54) is 0 Å². The molecule has 0 spiro atoms. The molecule has 0 saturated heterocycles. The van der Waals surface area contributed by atoms with Gasteiger partial charge in [0.25, 0.3) is 12.9 Å². The lowest BCUT2D eigenvalue weighted by molar-refractivity contribution is 0.0541. The van der Waals surface area contributed by atoms with Gasteiger partial charge in [-0.25, -0.2) is 35.4 Å². The van der Waals surface area contributed by atoms with Crippen LogP contribution in [0.25, 0.3) is 0 Å². The molecule has 14 heteroatoms. The van der Waals surface area contributed by atoms with Crippen molar-refractivity contribution in [2.45, 2.75) is 37.8 Å². The van der Waals surface area contributed by atoms with Gasteiger partial charge >= 0.3 is 6.55 Å². The average Bonchev–Trinajstić information content (AvgIpc) is 3.11. The average molecular weight is 405 g/mol. The van der Waals surface area contributed by atoms with Crippen molar-refractivity contribution >= 4 is 10.0 Å². The highest BCUT2D eigenvalue weighted by Gasteiger charge is 2.24. The van der Waals surface area contributed by atoms with Crippen LogP contribution in [0.2, 0.25) is 0 Å². The summed E-state index contributed by atoms with van der Waals surface area (Å²) in [6, 6.07) is 0.528. The van der Waals surface area contributed by atoms with Crippen LogP contribution in [0.15, 0.2) is 17.2 Å². The molecule has 0 aliphatic heterocycles. The molecular weight excluding hydrogens is 392 g/mol. The minimum Gasteiger partial charge on any atom is -0.262 e. The first kappa shape index (κ1) is 20.2. The molecule has 146 valence electrons. The van der Waals surface area contributed by atoms with Crippen LogP contribution in [0, 0.1) is 6.92 Å². The van der Waals surface area contributed by atoms with E-state index in [4.69, 9.17) is 0 Å². The summed E-state index contributed by atoms with van der Waals surface area (Å²) < 4.78 is 103. The number of sulfonamides is 1. The van der Waals surface area contributed by atoms with Crippen molar-refractivity contribution in [3.63, 3.8) is 0 Å². The molecular formula is C12H13F6N5O2S. The molecule has 0 unspecified atom stereocenters. The van der Waals surface area contributed by atoms with Crippen molar-refractivity contribution in [1.82, 2.24) is 24.3 Å². The summed E-state index contributed by atoms with van der Waals surface area (Å²) in [6.07, 6.45) is -5.43. The molecule has 0 saturated carbocycles. The first-order valence-electron chi connectivity index (χ1n) is 7.00. The Morgan fingerprint density at radius 1 is 1.15 bits per heavy atom. The lowest BCUT2D eigenvalue weighted by Gasteiger charge is -2.09. The largest absolute Gasteiger partial charge is 0.333 e. The van der Waals surface area contributed by atoms with E-state index in [9.17, 15) is 34.8 Å². The summed E-state index contributed by atoms with van der Waals surface area (Å²) in [7, 11) is -4.26. The Hall–Kier alpha value is -2.09. The second kappa shape index (κ2) is 7.65. The zero-order chi connectivity index (χ0) is 19.6. The summed E-state index contributed by atoms with van der Waals surface area (Å²) in [5.74, 6) is 0. The smallest absolute Gasteiger partial charge is 0.262 e. The minimum atomic E-state index is -4.26. The fourth-order valence-electron chi connectivity index (χ4n) is 2.15. The Kier molecular flexibility index (Phi) is 5.95. The van der Waals surface area contributed by atoms with Gasteiger partial charge in [0.1, 0.15) is 16.3 Å². The van der Waals surface area contributed by atoms with Gasteiger partial charge in [0.05, 0.1) is 18.4 Å². The molecule has 0 aliphatic carbocycles. The molecule has 0 aromatic carbocycles. The predicted molar refractivity (Wildman–Crippen MR) is 75.5 cm³/mol. The fraction of sp³-hybridized carbons (Fsp3) is 0.500. The summed E-state index contributed by atoms with van der Waals surface area (Å²) in [5, 5.41) is 6.56. The normalized spacial score (nSPS) is 12.7. The number of aromatic nitrogens is 4. The van der Waals surface area contributed by atoms with Crippen LogP contribution in [0.3, 0.4) is 0 Å². The number of halogens is 6. The predicted octanol–water partition coefficient (Wildman–Crippen LogP) is 2.64. The second-order valence-electron chi connectivity index (χ2n) is 5.03. The Morgan fingerprint density at radius 3 is 2.31 bits per heavy atom. The van der Waals surface area contributed by atoms with Crippen molar-refractivity contribution in [1.29, 1.82) is 0 Å². The zero-order valence-electron chi connectivity index (χ0n) is 13.1. The van der Waals surface area contributed by atoms with Crippen LogP contribution >= 0.6 is 0 Å². The van der Waals surface area contributed by atoms with Crippen LogP contribution in [-0.4, -0.2) is 34.5 Å². The van der Waals surface area contributed by atoms with Crippen molar-refractivity contribution in [2.75, 3.05) is 6.54 Å². The summed E-state index contributed by atoms with van der Waals surface area (Å²) in [4.78, 5) is -0.513. The second-order valence-corrected chi connectivity index (χ2v) is 6.77. The molecule has 26 heavy (non-hydrogen) atoms. The number of hydrogen-bond acceptors (Lipinski definition) is 4. The van der Waals surface area contributed by atoms with Crippen molar-refractivity contribution in [2.24, 2.45) is 0 Å². The van der Waals surface area contributed by atoms with Crippen molar-refractivity contribution < 1.29 is 34.8 Å². The van der Waals surface area contributed by atoms with E-state index < -0.39 is 58.8 Å². The van der Waals surface area contributed by atoms with E-state index in [0.717, 1.165) is 13.1 Å². The molecule has 0 fully saturated rings. The first-order chi connectivity index (χ1) is 12.0. The van der Waals surface area contributed by atoms with E-state index in [1.54, 1.807) is 0 Å². The van der Waals surface area contributed by atoms with E-state index in [1.807, 2.05) is 4.72 Å². The Bertz CT molecular complexity index is 864. The Balaban J connectivity index is 2.12. The third kappa shape index (κ3) is 4.17. The molecule has 2 aromatic rings. The highest BCUT2D eigenvalue weighted by Crippen LogP contribution is 2.25.